The van der Waals surface area contributed by atoms with Crippen molar-refractivity contribution in [2.45, 2.75) is 6.18 Å². The Labute approximate surface area is 135 Å². The van der Waals surface area contributed by atoms with Crippen LogP contribution in [0.15, 0.2) is 71.3 Å². The van der Waals surface area contributed by atoms with E-state index in [0.717, 1.165) is 24.3 Å². The maximum absolute atomic E-state index is 12.6. The van der Waals surface area contributed by atoms with Crippen molar-refractivity contribution in [3.63, 3.8) is 0 Å². The minimum Gasteiger partial charge on any atom is -0.464 e. The number of anilines is 1. The average molecular weight is 331 g/mol. The van der Waals surface area contributed by atoms with Crippen LogP contribution < -0.4 is 5.32 Å². The van der Waals surface area contributed by atoms with Crippen LogP contribution >= 0.6 is 0 Å². The summed E-state index contributed by atoms with van der Waals surface area (Å²) in [6.07, 6.45) is -2.91. The van der Waals surface area contributed by atoms with Gasteiger partial charge in [-0.25, -0.2) is 0 Å². The molecule has 0 spiro atoms. The molecule has 0 aliphatic heterocycles. The normalized spacial score (nSPS) is 11.3. The first-order valence-electron chi connectivity index (χ1n) is 7.06. The van der Waals surface area contributed by atoms with E-state index in [2.05, 4.69) is 5.32 Å². The molecule has 24 heavy (non-hydrogen) atoms. The second-order valence-electron chi connectivity index (χ2n) is 5.05. The number of rotatable bonds is 3. The first kappa shape index (κ1) is 15.9. The summed E-state index contributed by atoms with van der Waals surface area (Å²) in [4.78, 5) is 12.3. The zero-order valence-electron chi connectivity index (χ0n) is 12.3. The first-order chi connectivity index (χ1) is 11.4. The molecular weight excluding hydrogens is 319 g/mol. The minimum absolute atomic E-state index is 0.136. The number of benzene rings is 2. The Bertz CT molecular complexity index is 837. The number of hydrogen-bond donors (Lipinski definition) is 1. The lowest BCUT2D eigenvalue weighted by Gasteiger charge is -2.10. The molecule has 1 N–H and O–H groups in total. The molecule has 6 heteroatoms. The van der Waals surface area contributed by atoms with E-state index in [1.54, 1.807) is 36.4 Å². The maximum atomic E-state index is 12.6. The summed E-state index contributed by atoms with van der Waals surface area (Å²) in [5.74, 6) is 0.0843. The molecule has 0 radical (unpaired) electrons. The van der Waals surface area contributed by atoms with Crippen LogP contribution in [0.4, 0.5) is 18.9 Å². The van der Waals surface area contributed by atoms with E-state index in [1.165, 1.54) is 6.26 Å². The summed E-state index contributed by atoms with van der Waals surface area (Å²) in [5, 5.41) is 2.69. The minimum atomic E-state index is -4.43. The molecule has 3 rings (SSSR count). The number of furan rings is 1. The Morgan fingerprint density at radius 1 is 0.917 bits per heavy atom. The van der Waals surface area contributed by atoms with Crippen molar-refractivity contribution < 1.29 is 22.4 Å². The van der Waals surface area contributed by atoms with Gasteiger partial charge in [0.05, 0.1) is 17.5 Å². The van der Waals surface area contributed by atoms with E-state index in [0.29, 0.717) is 17.0 Å². The van der Waals surface area contributed by atoms with Crippen molar-refractivity contribution in [3.05, 3.63) is 78.1 Å². The van der Waals surface area contributed by atoms with E-state index in [9.17, 15) is 18.0 Å². The van der Waals surface area contributed by atoms with Gasteiger partial charge in [-0.1, -0.05) is 12.1 Å². The lowest BCUT2D eigenvalue weighted by atomic mass is 10.1. The fourth-order valence-electron chi connectivity index (χ4n) is 2.24. The zero-order chi connectivity index (χ0) is 17.2. The number of alkyl halides is 3. The van der Waals surface area contributed by atoms with Crippen LogP contribution in [0.3, 0.4) is 0 Å². The van der Waals surface area contributed by atoms with Crippen LogP contribution in [0.2, 0.25) is 0 Å². The highest BCUT2D eigenvalue weighted by molar-refractivity contribution is 6.06. The van der Waals surface area contributed by atoms with Crippen LogP contribution in [0, 0.1) is 0 Å². The molecule has 3 nitrogen and oxygen atoms in total. The van der Waals surface area contributed by atoms with Crippen LogP contribution in [-0.2, 0) is 6.18 Å². The molecule has 0 saturated heterocycles. The van der Waals surface area contributed by atoms with Crippen LogP contribution in [0.5, 0.6) is 0 Å². The third-order valence-corrected chi connectivity index (χ3v) is 3.44. The predicted molar refractivity (Wildman–Crippen MR) is 83.5 cm³/mol. The average Bonchev–Trinajstić information content (AvgIpc) is 3.09. The molecule has 122 valence electrons. The summed E-state index contributed by atoms with van der Waals surface area (Å²) in [7, 11) is 0. The zero-order valence-corrected chi connectivity index (χ0v) is 12.3. The molecule has 1 amide bonds. The highest BCUT2D eigenvalue weighted by Gasteiger charge is 2.30. The van der Waals surface area contributed by atoms with Gasteiger partial charge in [-0.2, -0.15) is 13.2 Å². The second kappa shape index (κ2) is 6.23. The highest BCUT2D eigenvalue weighted by Crippen LogP contribution is 2.30. The smallest absolute Gasteiger partial charge is 0.416 e. The summed E-state index contributed by atoms with van der Waals surface area (Å²) in [5.41, 5.74) is 0.535. The lowest BCUT2D eigenvalue weighted by Crippen LogP contribution is -2.13. The summed E-state index contributed by atoms with van der Waals surface area (Å²) in [6, 6.07) is 14.6. The Kier molecular flexibility index (Phi) is 4.12. The van der Waals surface area contributed by atoms with Crippen molar-refractivity contribution in [1.82, 2.24) is 0 Å². The molecule has 3 aromatic rings. The van der Waals surface area contributed by atoms with Gasteiger partial charge in [0.2, 0.25) is 0 Å². The fraction of sp³-hybridized carbons (Fsp3) is 0.0556. The maximum Gasteiger partial charge on any atom is 0.416 e. The van der Waals surface area contributed by atoms with Crippen molar-refractivity contribution in [2.24, 2.45) is 0 Å². The van der Waals surface area contributed by atoms with Crippen LogP contribution in [0.1, 0.15) is 15.9 Å². The summed E-state index contributed by atoms with van der Waals surface area (Å²) in [6.45, 7) is 0. The molecule has 1 aromatic heterocycles. The van der Waals surface area contributed by atoms with E-state index in [-0.39, 0.29) is 5.56 Å². The fourth-order valence-corrected chi connectivity index (χ4v) is 2.24. The van der Waals surface area contributed by atoms with Crippen molar-refractivity contribution >= 4 is 11.6 Å². The van der Waals surface area contributed by atoms with Gasteiger partial charge in [-0.05, 0) is 48.5 Å². The Morgan fingerprint density at radius 2 is 1.62 bits per heavy atom. The van der Waals surface area contributed by atoms with Gasteiger partial charge in [0.1, 0.15) is 5.76 Å². The number of hydrogen-bond acceptors (Lipinski definition) is 2. The van der Waals surface area contributed by atoms with Gasteiger partial charge in [0.15, 0.2) is 0 Å². The van der Waals surface area contributed by atoms with Gasteiger partial charge >= 0.3 is 6.18 Å². The molecule has 0 bridgehead atoms. The molecule has 2 aromatic carbocycles. The van der Waals surface area contributed by atoms with Crippen LogP contribution in [-0.4, -0.2) is 5.91 Å². The van der Waals surface area contributed by atoms with Crippen LogP contribution in [0.25, 0.3) is 11.3 Å². The number of para-hydroxylation sites is 1. The quantitative estimate of drug-likeness (QED) is 0.715. The van der Waals surface area contributed by atoms with E-state index in [1.807, 2.05) is 0 Å². The van der Waals surface area contributed by atoms with Gasteiger partial charge in [0, 0.05) is 11.1 Å². The summed E-state index contributed by atoms with van der Waals surface area (Å²) < 4.78 is 43.0. The largest absolute Gasteiger partial charge is 0.464 e. The molecule has 0 saturated carbocycles. The SMILES string of the molecule is O=C(Nc1ccccc1-c1ccco1)c1ccc(C(F)(F)F)cc1. The number of carbonyl (C=O) groups is 1. The number of halogens is 3. The highest BCUT2D eigenvalue weighted by atomic mass is 19.4. The third-order valence-electron chi connectivity index (χ3n) is 3.44. The van der Waals surface area contributed by atoms with Crippen molar-refractivity contribution in [1.29, 1.82) is 0 Å². The Hall–Kier alpha value is -3.02. The summed E-state index contributed by atoms with van der Waals surface area (Å²) >= 11 is 0. The van der Waals surface area contributed by atoms with E-state index >= 15 is 0 Å². The number of nitrogens with one attached hydrogen (secondary N) is 1. The molecule has 0 fully saturated rings. The standard InChI is InChI=1S/C18H12F3NO2/c19-18(20,21)13-9-7-12(8-10-13)17(23)22-15-5-2-1-4-14(15)16-6-3-11-24-16/h1-11H,(H,22,23). The van der Waals surface area contributed by atoms with Crippen molar-refractivity contribution in [2.75, 3.05) is 5.32 Å². The molecule has 0 aliphatic rings. The molecule has 0 unspecified atom stereocenters. The number of carbonyl (C=O) groups excluding carboxylic acids is 1. The van der Waals surface area contributed by atoms with Gasteiger partial charge in [-0.3, -0.25) is 4.79 Å². The van der Waals surface area contributed by atoms with Gasteiger partial charge < -0.3 is 9.73 Å². The van der Waals surface area contributed by atoms with Crippen molar-refractivity contribution in [3.8, 4) is 11.3 Å². The first-order valence-corrected chi connectivity index (χ1v) is 7.06. The molecule has 1 heterocycles. The predicted octanol–water partition coefficient (Wildman–Crippen LogP) is 5.22. The monoisotopic (exact) mass is 331 g/mol. The lowest BCUT2D eigenvalue weighted by molar-refractivity contribution is -0.137. The topological polar surface area (TPSA) is 42.2 Å². The molecular formula is C18H12F3NO2. The van der Waals surface area contributed by atoms with Gasteiger partial charge in [0.25, 0.3) is 5.91 Å². The van der Waals surface area contributed by atoms with E-state index < -0.39 is 17.6 Å². The molecule has 0 aliphatic carbocycles. The van der Waals surface area contributed by atoms with Gasteiger partial charge in [-0.15, -0.1) is 0 Å². The van der Waals surface area contributed by atoms with E-state index in [4.69, 9.17) is 4.42 Å². The number of amides is 1. The second-order valence-corrected chi connectivity index (χ2v) is 5.05. The third kappa shape index (κ3) is 3.32. The molecule has 0 atom stereocenters. The Balaban J connectivity index is 1.83. The Morgan fingerprint density at radius 3 is 2.25 bits per heavy atom.